The van der Waals surface area contributed by atoms with Crippen molar-refractivity contribution in [2.45, 2.75) is 39.8 Å². The average Bonchev–Trinajstić information content (AvgIpc) is 3.12. The van der Waals surface area contributed by atoms with E-state index < -0.39 is 0 Å². The Morgan fingerprint density at radius 3 is 2.88 bits per heavy atom. The summed E-state index contributed by atoms with van der Waals surface area (Å²) in [6.45, 7) is 7.04. The molecule has 0 radical (unpaired) electrons. The van der Waals surface area contributed by atoms with Crippen LogP contribution in [0.4, 0.5) is 0 Å². The number of nitrogens with one attached hydrogen (secondary N) is 2. The van der Waals surface area contributed by atoms with E-state index in [1.54, 1.807) is 17.5 Å². The third kappa shape index (κ3) is 8.04. The van der Waals surface area contributed by atoms with Gasteiger partial charge in [0.25, 0.3) is 0 Å². The molecule has 138 valence electrons. The minimum Gasteiger partial charge on any atom is -0.477 e. The number of rotatable bonds is 9. The molecule has 0 atom stereocenters. The van der Waals surface area contributed by atoms with Crippen molar-refractivity contribution in [1.29, 1.82) is 0 Å². The van der Waals surface area contributed by atoms with Gasteiger partial charge >= 0.3 is 0 Å². The molecule has 0 saturated carbocycles. The Balaban J connectivity index is 0.00000312. The molecule has 5 nitrogen and oxygen atoms in total. The fourth-order valence-corrected chi connectivity index (χ4v) is 2.74. The van der Waals surface area contributed by atoms with Crippen LogP contribution in [0.5, 0.6) is 5.88 Å². The Morgan fingerprint density at radius 1 is 1.28 bits per heavy atom. The van der Waals surface area contributed by atoms with Gasteiger partial charge < -0.3 is 15.4 Å². The van der Waals surface area contributed by atoms with Gasteiger partial charge in [-0.15, -0.1) is 24.0 Å². The van der Waals surface area contributed by atoms with Crippen LogP contribution in [0, 0.1) is 0 Å². The number of thiophene rings is 1. The van der Waals surface area contributed by atoms with Gasteiger partial charge in [0.1, 0.15) is 0 Å². The van der Waals surface area contributed by atoms with Crippen molar-refractivity contribution < 1.29 is 4.74 Å². The van der Waals surface area contributed by atoms with Crippen LogP contribution >= 0.6 is 35.3 Å². The van der Waals surface area contributed by atoms with Crippen LogP contribution in [0.1, 0.15) is 37.8 Å². The fourth-order valence-electron chi connectivity index (χ4n) is 2.08. The van der Waals surface area contributed by atoms with Crippen molar-refractivity contribution >= 4 is 41.3 Å². The number of hydrogen-bond acceptors (Lipinski definition) is 4. The highest BCUT2D eigenvalue weighted by Gasteiger charge is 2.06. The number of nitrogens with zero attached hydrogens (tertiary/aromatic N) is 2. The van der Waals surface area contributed by atoms with Crippen molar-refractivity contribution in [1.82, 2.24) is 15.6 Å². The van der Waals surface area contributed by atoms with E-state index in [4.69, 9.17) is 4.74 Å². The van der Waals surface area contributed by atoms with Crippen molar-refractivity contribution in [3.05, 3.63) is 46.3 Å². The molecule has 0 bridgehead atoms. The van der Waals surface area contributed by atoms with Crippen LogP contribution in [-0.2, 0) is 13.1 Å². The second-order valence-electron chi connectivity index (χ2n) is 5.35. The lowest BCUT2D eigenvalue weighted by molar-refractivity contribution is 0.294. The predicted octanol–water partition coefficient (Wildman–Crippen LogP) is 4.20. The molecule has 0 aliphatic rings. The Morgan fingerprint density at radius 2 is 2.16 bits per heavy atom. The second-order valence-corrected chi connectivity index (χ2v) is 6.13. The van der Waals surface area contributed by atoms with Gasteiger partial charge in [0.05, 0.1) is 13.2 Å². The summed E-state index contributed by atoms with van der Waals surface area (Å²) in [6, 6.07) is 6.06. The third-order valence-electron chi connectivity index (χ3n) is 3.38. The average molecular weight is 474 g/mol. The van der Waals surface area contributed by atoms with Crippen molar-refractivity contribution in [3.63, 3.8) is 0 Å². The quantitative estimate of drug-likeness (QED) is 0.248. The van der Waals surface area contributed by atoms with Crippen molar-refractivity contribution in [2.24, 2.45) is 4.99 Å². The Labute approximate surface area is 171 Å². The monoisotopic (exact) mass is 474 g/mol. The number of unbranched alkanes of at least 4 members (excludes halogenated alkanes) is 1. The number of hydrogen-bond donors (Lipinski definition) is 2. The minimum atomic E-state index is 0. The maximum absolute atomic E-state index is 5.78. The van der Waals surface area contributed by atoms with E-state index in [-0.39, 0.29) is 24.0 Å². The molecule has 0 unspecified atom stereocenters. The van der Waals surface area contributed by atoms with Crippen LogP contribution in [0.15, 0.2) is 40.1 Å². The van der Waals surface area contributed by atoms with Gasteiger partial charge in [-0.2, -0.15) is 11.3 Å². The van der Waals surface area contributed by atoms with Crippen LogP contribution in [0.2, 0.25) is 0 Å². The molecule has 0 aliphatic carbocycles. The fraction of sp³-hybridized carbons (Fsp3) is 0.444. The summed E-state index contributed by atoms with van der Waals surface area (Å²) < 4.78 is 5.78. The first kappa shape index (κ1) is 21.7. The first-order valence-electron chi connectivity index (χ1n) is 8.43. The molecule has 0 spiro atoms. The Bertz CT molecular complexity index is 619. The van der Waals surface area contributed by atoms with Crippen molar-refractivity contribution in [3.8, 4) is 5.88 Å². The van der Waals surface area contributed by atoms with Gasteiger partial charge in [-0.25, -0.2) is 9.98 Å². The van der Waals surface area contributed by atoms with E-state index in [0.717, 1.165) is 30.9 Å². The van der Waals surface area contributed by atoms with Gasteiger partial charge in [0.15, 0.2) is 5.96 Å². The highest BCUT2D eigenvalue weighted by molar-refractivity contribution is 14.0. The molecule has 2 heterocycles. The molecule has 0 amide bonds. The van der Waals surface area contributed by atoms with E-state index in [1.807, 2.05) is 12.1 Å². The number of aromatic nitrogens is 1. The van der Waals surface area contributed by atoms with E-state index in [1.165, 1.54) is 5.56 Å². The zero-order valence-electron chi connectivity index (χ0n) is 14.8. The summed E-state index contributed by atoms with van der Waals surface area (Å²) in [5.41, 5.74) is 2.26. The van der Waals surface area contributed by atoms with Crippen LogP contribution in [-0.4, -0.2) is 24.1 Å². The van der Waals surface area contributed by atoms with Gasteiger partial charge in [-0.3, -0.25) is 0 Å². The first-order valence-corrected chi connectivity index (χ1v) is 9.37. The van der Waals surface area contributed by atoms with E-state index in [2.05, 4.69) is 51.3 Å². The molecule has 7 heteroatoms. The molecule has 2 N–H and O–H groups in total. The molecule has 0 aromatic carbocycles. The molecule has 2 aromatic heterocycles. The van der Waals surface area contributed by atoms with Crippen LogP contribution in [0.25, 0.3) is 0 Å². The third-order valence-corrected chi connectivity index (χ3v) is 4.11. The van der Waals surface area contributed by atoms with Gasteiger partial charge in [-0.05, 0) is 41.8 Å². The number of aliphatic imine (C=N–C) groups is 1. The summed E-state index contributed by atoms with van der Waals surface area (Å²) in [6.07, 6.45) is 3.91. The first-order chi connectivity index (χ1) is 11.8. The van der Waals surface area contributed by atoms with Gasteiger partial charge in [0.2, 0.25) is 5.88 Å². The molecule has 25 heavy (non-hydrogen) atoms. The van der Waals surface area contributed by atoms with Crippen LogP contribution < -0.4 is 15.4 Å². The van der Waals surface area contributed by atoms with Gasteiger partial charge in [-0.1, -0.05) is 19.4 Å². The lowest BCUT2D eigenvalue weighted by atomic mass is 10.2. The van der Waals surface area contributed by atoms with Crippen molar-refractivity contribution in [2.75, 3.05) is 13.2 Å². The molecule has 0 saturated heterocycles. The minimum absolute atomic E-state index is 0. The molecular weight excluding hydrogens is 447 g/mol. The molecule has 0 aliphatic heterocycles. The molecule has 2 aromatic rings. The van der Waals surface area contributed by atoms with Gasteiger partial charge in [0, 0.05) is 24.8 Å². The largest absolute Gasteiger partial charge is 0.477 e. The summed E-state index contributed by atoms with van der Waals surface area (Å²) in [4.78, 5) is 8.96. The highest BCUT2D eigenvalue weighted by Crippen LogP contribution is 2.14. The van der Waals surface area contributed by atoms with E-state index in [9.17, 15) is 0 Å². The second kappa shape index (κ2) is 12.9. The number of ether oxygens (including phenoxy) is 1. The molecule has 0 fully saturated rings. The Kier molecular flexibility index (Phi) is 11.2. The van der Waals surface area contributed by atoms with E-state index in [0.29, 0.717) is 25.6 Å². The SMILES string of the molecule is CCCCOc1ncccc1CNC(=NCc1ccsc1)NCC.I. The zero-order valence-corrected chi connectivity index (χ0v) is 18.0. The van der Waals surface area contributed by atoms with Crippen LogP contribution in [0.3, 0.4) is 0 Å². The van der Waals surface area contributed by atoms with E-state index >= 15 is 0 Å². The highest BCUT2D eigenvalue weighted by atomic mass is 127. The number of halogens is 1. The standard InChI is InChI=1S/C18H26N4OS.HI/c1-3-5-10-23-17-16(7-6-9-20-17)13-22-18(19-4-2)21-12-15-8-11-24-14-15;/h6-9,11,14H,3-5,10,12-13H2,1-2H3,(H2,19,21,22);1H. The summed E-state index contributed by atoms with van der Waals surface area (Å²) in [7, 11) is 0. The lowest BCUT2D eigenvalue weighted by Crippen LogP contribution is -2.36. The molecular formula is C18H27IN4OS. The smallest absolute Gasteiger partial charge is 0.218 e. The maximum Gasteiger partial charge on any atom is 0.218 e. The maximum atomic E-state index is 5.78. The summed E-state index contributed by atoms with van der Waals surface area (Å²) in [5, 5.41) is 10.8. The molecule has 2 rings (SSSR count). The lowest BCUT2D eigenvalue weighted by Gasteiger charge is -2.13. The number of pyridine rings is 1. The number of guanidine groups is 1. The topological polar surface area (TPSA) is 58.5 Å². The Hall–Kier alpha value is -1.35. The summed E-state index contributed by atoms with van der Waals surface area (Å²) >= 11 is 1.69. The normalized spacial score (nSPS) is 10.9. The summed E-state index contributed by atoms with van der Waals surface area (Å²) in [5.74, 6) is 1.50. The predicted molar refractivity (Wildman–Crippen MR) is 116 cm³/mol. The zero-order chi connectivity index (χ0) is 17.0.